The number of urea groups is 1. The Balaban J connectivity index is 1.54. The van der Waals surface area contributed by atoms with E-state index < -0.39 is 42.0 Å². The number of anilines is 1. The van der Waals surface area contributed by atoms with Gasteiger partial charge in [0.25, 0.3) is 11.8 Å². The summed E-state index contributed by atoms with van der Waals surface area (Å²) in [5, 5.41) is 5.30. The monoisotopic (exact) mass is 387 g/mol. The minimum atomic E-state index is -1.06. The molecule has 0 bridgehead atoms. The summed E-state index contributed by atoms with van der Waals surface area (Å²) in [6.07, 6.45) is 2.51. The van der Waals surface area contributed by atoms with E-state index in [0.717, 1.165) is 24.2 Å². The van der Waals surface area contributed by atoms with Crippen molar-refractivity contribution < 1.29 is 23.9 Å². The summed E-state index contributed by atoms with van der Waals surface area (Å²) in [4.78, 5) is 49.5. The minimum Gasteiger partial charge on any atom is -0.451 e. The van der Waals surface area contributed by atoms with Crippen LogP contribution in [0.3, 0.4) is 0 Å². The van der Waals surface area contributed by atoms with Crippen molar-refractivity contribution in [1.82, 2.24) is 10.2 Å². The molecule has 1 aromatic rings. The van der Waals surface area contributed by atoms with Crippen LogP contribution in [0, 0.1) is 0 Å². The lowest BCUT2D eigenvalue weighted by Gasteiger charge is -2.19. The second-order valence-electron chi connectivity index (χ2n) is 7.47. The number of hydrogen-bond acceptors (Lipinski definition) is 5. The number of carbonyl (C=O) groups excluding carboxylic acids is 4. The Bertz CT molecular complexity index is 837. The molecule has 0 saturated carbocycles. The molecule has 0 spiro atoms. The third-order valence-corrected chi connectivity index (χ3v) is 5.38. The summed E-state index contributed by atoms with van der Waals surface area (Å²) < 4.78 is 5.11. The average molecular weight is 387 g/mol. The maximum absolute atomic E-state index is 12.3. The van der Waals surface area contributed by atoms with Crippen molar-refractivity contribution in [2.24, 2.45) is 0 Å². The van der Waals surface area contributed by atoms with Gasteiger partial charge < -0.3 is 15.4 Å². The normalized spacial score (nSPS) is 21.9. The van der Waals surface area contributed by atoms with Crippen LogP contribution in [-0.4, -0.2) is 46.9 Å². The van der Waals surface area contributed by atoms with Gasteiger partial charge in [0.15, 0.2) is 6.10 Å². The van der Waals surface area contributed by atoms with E-state index in [1.807, 2.05) is 18.2 Å². The molecule has 0 aromatic heterocycles. The van der Waals surface area contributed by atoms with Gasteiger partial charge in [-0.2, -0.15) is 0 Å². The van der Waals surface area contributed by atoms with E-state index in [-0.39, 0.29) is 0 Å². The van der Waals surface area contributed by atoms with E-state index in [1.165, 1.54) is 18.1 Å². The van der Waals surface area contributed by atoms with E-state index >= 15 is 0 Å². The van der Waals surface area contributed by atoms with Gasteiger partial charge in [-0.1, -0.05) is 13.0 Å². The zero-order chi connectivity index (χ0) is 20.5. The van der Waals surface area contributed by atoms with Gasteiger partial charge in [-0.05, 0) is 62.8 Å². The fourth-order valence-corrected chi connectivity index (χ4v) is 3.44. The summed E-state index contributed by atoms with van der Waals surface area (Å²) in [5.41, 5.74) is 2.15. The lowest BCUT2D eigenvalue weighted by atomic mass is 9.99. The first-order chi connectivity index (χ1) is 13.2. The molecule has 1 fully saturated rings. The number of rotatable bonds is 6. The molecule has 1 heterocycles. The second-order valence-corrected chi connectivity index (χ2v) is 7.47. The highest BCUT2D eigenvalue weighted by atomic mass is 16.5. The van der Waals surface area contributed by atoms with Crippen LogP contribution in [0.4, 0.5) is 10.5 Å². The van der Waals surface area contributed by atoms with E-state index in [9.17, 15) is 19.2 Å². The summed E-state index contributed by atoms with van der Waals surface area (Å²) in [7, 11) is 0. The summed E-state index contributed by atoms with van der Waals surface area (Å²) >= 11 is 0. The molecule has 2 aliphatic rings. The predicted molar refractivity (Wildman–Crippen MR) is 102 cm³/mol. The molecule has 4 amide bonds. The Morgan fingerprint density at radius 1 is 1.29 bits per heavy atom. The predicted octanol–water partition coefficient (Wildman–Crippen LogP) is 1.77. The van der Waals surface area contributed by atoms with Crippen LogP contribution in [0.1, 0.15) is 44.7 Å². The molecule has 1 saturated heterocycles. The molecule has 0 unspecified atom stereocenters. The quantitative estimate of drug-likeness (QED) is 0.572. The van der Waals surface area contributed by atoms with Crippen LogP contribution >= 0.6 is 0 Å². The SMILES string of the molecule is CC[C@]1(C)NC(=O)N(CC(=O)O[C@H](C)C(=O)Nc2ccc3c(c2)CCC3)C1=O. The van der Waals surface area contributed by atoms with Gasteiger partial charge >= 0.3 is 12.0 Å². The number of benzene rings is 1. The lowest BCUT2D eigenvalue weighted by Crippen LogP contribution is -2.44. The van der Waals surface area contributed by atoms with E-state index in [0.29, 0.717) is 12.1 Å². The third kappa shape index (κ3) is 3.85. The number of ether oxygens (including phenoxy) is 1. The maximum atomic E-state index is 12.3. The van der Waals surface area contributed by atoms with Crippen LogP contribution < -0.4 is 10.6 Å². The number of nitrogens with one attached hydrogen (secondary N) is 2. The van der Waals surface area contributed by atoms with E-state index in [1.54, 1.807) is 13.8 Å². The molecule has 2 N–H and O–H groups in total. The number of nitrogens with zero attached hydrogens (tertiary/aromatic N) is 1. The van der Waals surface area contributed by atoms with Gasteiger partial charge in [0.05, 0.1) is 0 Å². The van der Waals surface area contributed by atoms with Gasteiger partial charge in [-0.25, -0.2) is 4.79 Å². The first-order valence-electron chi connectivity index (χ1n) is 9.50. The van der Waals surface area contributed by atoms with Crippen molar-refractivity contribution >= 4 is 29.5 Å². The lowest BCUT2D eigenvalue weighted by molar-refractivity contribution is -0.155. The highest BCUT2D eigenvalue weighted by molar-refractivity contribution is 6.08. The molecular formula is C20H25N3O5. The molecule has 1 aliphatic carbocycles. The number of aryl methyl sites for hydroxylation is 2. The molecule has 8 nitrogen and oxygen atoms in total. The molecule has 1 aliphatic heterocycles. The van der Waals surface area contributed by atoms with Crippen LogP contribution in [-0.2, 0) is 32.0 Å². The topological polar surface area (TPSA) is 105 Å². The zero-order valence-corrected chi connectivity index (χ0v) is 16.3. The Kier molecular flexibility index (Phi) is 5.40. The molecule has 0 radical (unpaired) electrons. The highest BCUT2D eigenvalue weighted by Gasteiger charge is 2.47. The molecule has 3 rings (SSSR count). The smallest absolute Gasteiger partial charge is 0.327 e. The van der Waals surface area contributed by atoms with Crippen molar-refractivity contribution in [2.45, 2.75) is 58.1 Å². The molecule has 28 heavy (non-hydrogen) atoms. The van der Waals surface area contributed by atoms with Gasteiger partial charge in [-0.3, -0.25) is 19.3 Å². The van der Waals surface area contributed by atoms with Crippen molar-refractivity contribution in [3.63, 3.8) is 0 Å². The fraction of sp³-hybridized carbons (Fsp3) is 0.500. The number of amides is 4. The van der Waals surface area contributed by atoms with Crippen LogP contribution in [0.25, 0.3) is 0 Å². The number of carbonyl (C=O) groups is 4. The van der Waals surface area contributed by atoms with Crippen LogP contribution in [0.5, 0.6) is 0 Å². The van der Waals surface area contributed by atoms with Crippen molar-refractivity contribution in [1.29, 1.82) is 0 Å². The Hall–Kier alpha value is -2.90. The molecule has 2 atom stereocenters. The minimum absolute atomic E-state index is 0.405. The first-order valence-corrected chi connectivity index (χ1v) is 9.50. The summed E-state index contributed by atoms with van der Waals surface area (Å²) in [6.45, 7) is 4.29. The molecular weight excluding hydrogens is 362 g/mol. The first kappa shape index (κ1) is 19.9. The van der Waals surface area contributed by atoms with Crippen molar-refractivity contribution in [3.8, 4) is 0 Å². The maximum Gasteiger partial charge on any atom is 0.327 e. The fourth-order valence-electron chi connectivity index (χ4n) is 3.44. The standard InChI is InChI=1S/C20H25N3O5/c1-4-20(3)18(26)23(19(27)22-20)11-16(24)28-12(2)17(25)21-15-9-8-13-6-5-7-14(13)10-15/h8-10,12H,4-7,11H2,1-3H3,(H,21,25)(H,22,27)/t12-,20+/m1/s1. The highest BCUT2D eigenvalue weighted by Crippen LogP contribution is 2.25. The number of hydrogen-bond donors (Lipinski definition) is 2. The number of esters is 1. The molecule has 8 heteroatoms. The number of fused-ring (bicyclic) bond motifs is 1. The van der Waals surface area contributed by atoms with E-state index in [4.69, 9.17) is 4.74 Å². The Morgan fingerprint density at radius 3 is 2.68 bits per heavy atom. The summed E-state index contributed by atoms with van der Waals surface area (Å²) in [5.74, 6) is -1.77. The van der Waals surface area contributed by atoms with Gasteiger partial charge in [0.2, 0.25) is 0 Å². The number of imide groups is 1. The molecule has 150 valence electrons. The van der Waals surface area contributed by atoms with Crippen LogP contribution in [0.2, 0.25) is 0 Å². The largest absolute Gasteiger partial charge is 0.451 e. The third-order valence-electron chi connectivity index (χ3n) is 5.38. The van der Waals surface area contributed by atoms with Gasteiger partial charge in [0.1, 0.15) is 12.1 Å². The van der Waals surface area contributed by atoms with Crippen molar-refractivity contribution in [3.05, 3.63) is 29.3 Å². The van der Waals surface area contributed by atoms with E-state index in [2.05, 4.69) is 10.6 Å². The van der Waals surface area contributed by atoms with Gasteiger partial charge in [-0.15, -0.1) is 0 Å². The van der Waals surface area contributed by atoms with Crippen LogP contribution in [0.15, 0.2) is 18.2 Å². The Morgan fingerprint density at radius 2 is 2.00 bits per heavy atom. The average Bonchev–Trinajstić information content (AvgIpc) is 3.20. The molecule has 1 aromatic carbocycles. The zero-order valence-electron chi connectivity index (χ0n) is 16.3. The second kappa shape index (κ2) is 7.61. The summed E-state index contributed by atoms with van der Waals surface area (Å²) in [6, 6.07) is 5.13. The Labute approximate surface area is 163 Å². The van der Waals surface area contributed by atoms with Gasteiger partial charge in [0, 0.05) is 5.69 Å². The van der Waals surface area contributed by atoms with Crippen molar-refractivity contribution in [2.75, 3.05) is 11.9 Å².